The van der Waals surface area contributed by atoms with Gasteiger partial charge >= 0.3 is 5.97 Å². The number of pyridine rings is 1. The van der Waals surface area contributed by atoms with Crippen LogP contribution in [0.25, 0.3) is 0 Å². The molecule has 2 rings (SSSR count). The third-order valence-corrected chi connectivity index (χ3v) is 3.43. The number of hydrogen-bond acceptors (Lipinski definition) is 5. The Hall–Kier alpha value is -2.89. The molecule has 6 nitrogen and oxygen atoms in total. The number of methoxy groups -OCH3 is 1. The van der Waals surface area contributed by atoms with Crippen LogP contribution < -0.4 is 10.6 Å². The van der Waals surface area contributed by atoms with E-state index in [9.17, 15) is 9.59 Å². The van der Waals surface area contributed by atoms with Crippen LogP contribution in [0.2, 0.25) is 0 Å². The molecular weight excluding hydrogens is 306 g/mol. The largest absolute Gasteiger partial charge is 0.465 e. The van der Waals surface area contributed by atoms with Crippen molar-refractivity contribution in [1.82, 2.24) is 4.98 Å². The van der Waals surface area contributed by atoms with Gasteiger partial charge in [0.1, 0.15) is 5.69 Å². The Morgan fingerprint density at radius 1 is 1.21 bits per heavy atom. The Kier molecular flexibility index (Phi) is 6.31. The van der Waals surface area contributed by atoms with Crippen molar-refractivity contribution in [3.8, 4) is 0 Å². The summed E-state index contributed by atoms with van der Waals surface area (Å²) in [7, 11) is 1.30. The Bertz CT molecular complexity index is 716. The number of carbonyl (C=O) groups excluding carboxylic acids is 2. The molecule has 0 spiro atoms. The molecule has 0 fully saturated rings. The van der Waals surface area contributed by atoms with Crippen molar-refractivity contribution in [2.75, 3.05) is 24.3 Å². The van der Waals surface area contributed by atoms with Crippen molar-refractivity contribution in [3.05, 3.63) is 53.9 Å². The second kappa shape index (κ2) is 8.67. The first-order chi connectivity index (χ1) is 11.7. The lowest BCUT2D eigenvalue weighted by Gasteiger charge is -2.10. The molecular formula is C18H21N3O3. The van der Waals surface area contributed by atoms with Gasteiger partial charge in [-0.15, -0.1) is 0 Å². The lowest BCUT2D eigenvalue weighted by atomic mass is 10.1. The molecule has 0 aliphatic rings. The highest BCUT2D eigenvalue weighted by molar-refractivity contribution is 6.07. The predicted molar refractivity (Wildman–Crippen MR) is 93.4 cm³/mol. The Morgan fingerprint density at radius 3 is 2.75 bits per heavy atom. The van der Waals surface area contributed by atoms with E-state index in [4.69, 9.17) is 4.74 Å². The molecule has 1 heterocycles. The van der Waals surface area contributed by atoms with E-state index < -0.39 is 5.97 Å². The number of rotatable bonds is 7. The summed E-state index contributed by atoms with van der Waals surface area (Å²) in [5.41, 5.74) is 1.80. The van der Waals surface area contributed by atoms with Crippen molar-refractivity contribution in [3.63, 3.8) is 0 Å². The zero-order valence-corrected chi connectivity index (χ0v) is 13.8. The van der Waals surface area contributed by atoms with Gasteiger partial charge in [-0.2, -0.15) is 0 Å². The minimum absolute atomic E-state index is 0.274. The van der Waals surface area contributed by atoms with Crippen LogP contribution in [0.1, 0.15) is 40.6 Å². The highest BCUT2D eigenvalue weighted by Crippen LogP contribution is 2.17. The normalized spacial score (nSPS) is 10.1. The molecule has 126 valence electrons. The predicted octanol–water partition coefficient (Wildman–Crippen LogP) is 3.33. The number of unbranched alkanes of at least 4 members (excludes halogenated alkanes) is 1. The van der Waals surface area contributed by atoms with Gasteiger partial charge in [0.05, 0.1) is 18.4 Å². The number of hydrogen-bond donors (Lipinski definition) is 2. The van der Waals surface area contributed by atoms with Crippen molar-refractivity contribution in [2.45, 2.75) is 19.8 Å². The number of ether oxygens (including phenoxy) is 1. The molecule has 0 radical (unpaired) electrons. The lowest BCUT2D eigenvalue weighted by Crippen LogP contribution is -2.17. The molecule has 0 aliphatic carbocycles. The van der Waals surface area contributed by atoms with Gasteiger partial charge < -0.3 is 15.4 Å². The van der Waals surface area contributed by atoms with Gasteiger partial charge in [0, 0.05) is 18.4 Å². The molecule has 1 aromatic carbocycles. The summed E-state index contributed by atoms with van der Waals surface area (Å²) in [5, 5.41) is 5.96. The van der Waals surface area contributed by atoms with Gasteiger partial charge in [-0.25, -0.2) is 4.79 Å². The first-order valence-electron chi connectivity index (χ1n) is 7.84. The zero-order valence-electron chi connectivity index (χ0n) is 13.8. The quantitative estimate of drug-likeness (QED) is 0.602. The molecule has 0 aliphatic heterocycles. The van der Waals surface area contributed by atoms with Crippen molar-refractivity contribution >= 4 is 23.3 Å². The van der Waals surface area contributed by atoms with Crippen molar-refractivity contribution in [1.29, 1.82) is 0 Å². The Balaban J connectivity index is 2.13. The van der Waals surface area contributed by atoms with E-state index in [1.165, 1.54) is 7.11 Å². The maximum absolute atomic E-state index is 12.4. The highest BCUT2D eigenvalue weighted by atomic mass is 16.5. The number of aromatic nitrogens is 1. The fourth-order valence-electron chi connectivity index (χ4n) is 2.14. The van der Waals surface area contributed by atoms with E-state index in [1.54, 1.807) is 36.5 Å². The number of para-hydroxylation sites is 1. The average molecular weight is 327 g/mol. The maximum atomic E-state index is 12.4. The topological polar surface area (TPSA) is 80.3 Å². The molecule has 1 aromatic heterocycles. The zero-order chi connectivity index (χ0) is 17.4. The molecule has 24 heavy (non-hydrogen) atoms. The number of nitrogens with one attached hydrogen (secondary N) is 2. The van der Waals surface area contributed by atoms with Crippen molar-refractivity contribution in [2.24, 2.45) is 0 Å². The Morgan fingerprint density at radius 2 is 2.00 bits per heavy atom. The summed E-state index contributed by atoms with van der Waals surface area (Å²) in [4.78, 5) is 28.3. The van der Waals surface area contributed by atoms with E-state index in [1.807, 2.05) is 6.07 Å². The van der Waals surface area contributed by atoms with Gasteiger partial charge in [0.25, 0.3) is 5.91 Å². The van der Waals surface area contributed by atoms with Crippen LogP contribution in [0, 0.1) is 0 Å². The molecule has 0 saturated heterocycles. The third kappa shape index (κ3) is 4.55. The monoisotopic (exact) mass is 327 g/mol. The molecule has 6 heteroatoms. The molecule has 0 unspecified atom stereocenters. The number of anilines is 2. The van der Waals surface area contributed by atoms with E-state index in [0.717, 1.165) is 25.1 Å². The maximum Gasteiger partial charge on any atom is 0.339 e. The van der Waals surface area contributed by atoms with E-state index >= 15 is 0 Å². The van der Waals surface area contributed by atoms with Gasteiger partial charge in [-0.3, -0.25) is 9.78 Å². The first kappa shape index (κ1) is 17.5. The number of nitrogens with zero attached hydrogens (tertiary/aromatic N) is 1. The van der Waals surface area contributed by atoms with Gasteiger partial charge in [-0.1, -0.05) is 25.5 Å². The van der Waals surface area contributed by atoms with Gasteiger partial charge in [-0.05, 0) is 30.7 Å². The molecule has 1 amide bonds. The van der Waals surface area contributed by atoms with Gasteiger partial charge in [0.2, 0.25) is 0 Å². The first-order valence-corrected chi connectivity index (χ1v) is 7.84. The van der Waals surface area contributed by atoms with E-state index in [-0.39, 0.29) is 11.6 Å². The van der Waals surface area contributed by atoms with Crippen LogP contribution in [0.4, 0.5) is 11.4 Å². The summed E-state index contributed by atoms with van der Waals surface area (Å²) >= 11 is 0. The van der Waals surface area contributed by atoms with Crippen LogP contribution in [-0.4, -0.2) is 30.5 Å². The second-order valence-electron chi connectivity index (χ2n) is 5.20. The van der Waals surface area contributed by atoms with E-state index in [2.05, 4.69) is 22.5 Å². The fraction of sp³-hybridized carbons (Fsp3) is 0.278. The average Bonchev–Trinajstić information content (AvgIpc) is 2.62. The molecule has 0 atom stereocenters. The summed E-state index contributed by atoms with van der Waals surface area (Å²) in [6.45, 7) is 2.96. The molecule has 0 saturated carbocycles. The number of benzene rings is 1. The van der Waals surface area contributed by atoms with Crippen molar-refractivity contribution < 1.29 is 14.3 Å². The fourth-order valence-corrected chi connectivity index (χ4v) is 2.14. The molecule has 0 bridgehead atoms. The number of carbonyl (C=O) groups is 2. The minimum atomic E-state index is -0.506. The van der Waals surface area contributed by atoms with Crippen LogP contribution in [0.15, 0.2) is 42.6 Å². The standard InChI is InChI=1S/C18H21N3O3/c1-3-4-10-19-13-9-11-20-16(12-13)17(22)21-15-8-6-5-7-14(15)18(23)24-2/h5-9,11-12H,3-4,10H2,1-2H3,(H,19,20)(H,21,22). The number of amides is 1. The van der Waals surface area contributed by atoms with Crippen LogP contribution in [0.5, 0.6) is 0 Å². The summed E-state index contributed by atoms with van der Waals surface area (Å²) in [6, 6.07) is 10.2. The SMILES string of the molecule is CCCCNc1ccnc(C(=O)Nc2ccccc2C(=O)OC)c1. The Labute approximate surface area is 141 Å². The van der Waals surface area contributed by atoms with Gasteiger partial charge in [0.15, 0.2) is 0 Å². The van der Waals surface area contributed by atoms with Crippen LogP contribution in [0.3, 0.4) is 0 Å². The van der Waals surface area contributed by atoms with Crippen LogP contribution in [-0.2, 0) is 4.74 Å². The minimum Gasteiger partial charge on any atom is -0.465 e. The van der Waals surface area contributed by atoms with Crippen LogP contribution >= 0.6 is 0 Å². The summed E-state index contributed by atoms with van der Waals surface area (Å²) in [5.74, 6) is -0.890. The second-order valence-corrected chi connectivity index (χ2v) is 5.20. The molecule has 2 aromatic rings. The third-order valence-electron chi connectivity index (χ3n) is 3.43. The summed E-state index contributed by atoms with van der Waals surface area (Å²) < 4.78 is 4.72. The highest BCUT2D eigenvalue weighted by Gasteiger charge is 2.15. The number of esters is 1. The smallest absolute Gasteiger partial charge is 0.339 e. The summed E-state index contributed by atoms with van der Waals surface area (Å²) in [6.07, 6.45) is 3.72. The van der Waals surface area contributed by atoms with E-state index in [0.29, 0.717) is 11.3 Å². The lowest BCUT2D eigenvalue weighted by molar-refractivity contribution is 0.0602. The molecule has 2 N–H and O–H groups in total.